The van der Waals surface area contributed by atoms with Gasteiger partial charge in [0.2, 0.25) is 5.91 Å². The smallest absolute Gasteiger partial charge is 0.330 e. The number of amides is 1. The first-order valence-corrected chi connectivity index (χ1v) is 4.76. The van der Waals surface area contributed by atoms with Crippen molar-refractivity contribution in [3.05, 3.63) is 27.0 Å². The lowest BCUT2D eigenvalue weighted by molar-refractivity contribution is -0.119. The van der Waals surface area contributed by atoms with E-state index < -0.39 is 11.1 Å². The summed E-state index contributed by atoms with van der Waals surface area (Å²) in [7, 11) is 0. The molecule has 0 spiro atoms. The van der Waals surface area contributed by atoms with Crippen LogP contribution < -0.4 is 22.2 Å². The first-order valence-electron chi connectivity index (χ1n) is 4.76. The van der Waals surface area contributed by atoms with Crippen LogP contribution in [0.3, 0.4) is 0 Å². The maximum atomic E-state index is 11.2. The fourth-order valence-electron chi connectivity index (χ4n) is 1.10. The summed E-state index contributed by atoms with van der Waals surface area (Å²) in [4.78, 5) is 32.9. The van der Waals surface area contributed by atoms with Crippen LogP contribution in [0, 0.1) is 0 Å². The third-order valence-corrected chi connectivity index (χ3v) is 1.90. The molecule has 0 aromatic carbocycles. The molecule has 1 rings (SSSR count). The lowest BCUT2D eigenvalue weighted by Gasteiger charge is -2.04. The zero-order valence-electron chi connectivity index (χ0n) is 8.60. The highest BCUT2D eigenvalue weighted by atomic mass is 16.2. The molecule has 0 aliphatic carbocycles. The van der Waals surface area contributed by atoms with E-state index in [0.29, 0.717) is 19.5 Å². The average Bonchev–Trinajstić information content (AvgIpc) is 2.29. The minimum absolute atomic E-state index is 0.0630. The summed E-state index contributed by atoms with van der Waals surface area (Å²) in [5, 5.41) is 8.08. The third-order valence-electron chi connectivity index (χ3n) is 1.90. The van der Waals surface area contributed by atoms with E-state index in [0.717, 1.165) is 0 Å². The van der Waals surface area contributed by atoms with E-state index in [4.69, 9.17) is 5.73 Å². The Morgan fingerprint density at radius 3 is 3.00 bits per heavy atom. The number of nitrogens with zero attached hydrogens (tertiary/aromatic N) is 2. The van der Waals surface area contributed by atoms with E-state index in [2.05, 4.69) is 10.4 Å². The van der Waals surface area contributed by atoms with Crippen LogP contribution in [0.15, 0.2) is 15.9 Å². The molecule has 16 heavy (non-hydrogen) atoms. The molecule has 0 unspecified atom stereocenters. The fourth-order valence-corrected chi connectivity index (χ4v) is 1.10. The minimum atomic E-state index is -0.756. The Morgan fingerprint density at radius 1 is 1.56 bits per heavy atom. The summed E-state index contributed by atoms with van der Waals surface area (Å²) in [6, 6.07) is 0. The van der Waals surface area contributed by atoms with Crippen LogP contribution >= 0.6 is 0 Å². The Morgan fingerprint density at radius 2 is 2.31 bits per heavy atom. The molecule has 0 atom stereocenters. The van der Waals surface area contributed by atoms with Crippen molar-refractivity contribution in [1.82, 2.24) is 20.1 Å². The van der Waals surface area contributed by atoms with E-state index in [1.54, 1.807) is 0 Å². The largest absolute Gasteiger partial charge is 0.355 e. The second-order valence-corrected chi connectivity index (χ2v) is 3.09. The van der Waals surface area contributed by atoms with Crippen molar-refractivity contribution in [1.29, 1.82) is 0 Å². The number of rotatable bonds is 5. The van der Waals surface area contributed by atoms with Gasteiger partial charge in [-0.05, 0) is 6.42 Å². The van der Waals surface area contributed by atoms with Gasteiger partial charge in [0.1, 0.15) is 6.33 Å². The van der Waals surface area contributed by atoms with Crippen molar-refractivity contribution in [3.63, 3.8) is 0 Å². The predicted octanol–water partition coefficient (Wildman–Crippen LogP) is -2.60. The van der Waals surface area contributed by atoms with Crippen LogP contribution in [-0.2, 0) is 11.3 Å². The van der Waals surface area contributed by atoms with Crippen molar-refractivity contribution in [2.24, 2.45) is 5.73 Å². The van der Waals surface area contributed by atoms with Crippen LogP contribution in [0.2, 0.25) is 0 Å². The molecular formula is C8H13N5O3. The highest BCUT2D eigenvalue weighted by Crippen LogP contribution is 1.81. The van der Waals surface area contributed by atoms with Gasteiger partial charge in [-0.2, -0.15) is 5.10 Å². The number of nitrogens with two attached hydrogens (primary N) is 1. The molecule has 1 aromatic rings. The van der Waals surface area contributed by atoms with E-state index >= 15 is 0 Å². The summed E-state index contributed by atoms with van der Waals surface area (Å²) in [5.41, 5.74) is 3.68. The molecule has 0 aliphatic heterocycles. The number of carbonyl (C=O) groups is 1. The Labute approximate surface area is 90.5 Å². The Kier molecular flexibility index (Phi) is 4.40. The molecule has 88 valence electrons. The molecule has 8 heteroatoms. The van der Waals surface area contributed by atoms with Crippen molar-refractivity contribution < 1.29 is 4.79 Å². The fraction of sp³-hybridized carbons (Fsp3) is 0.500. The molecule has 4 N–H and O–H groups in total. The predicted molar refractivity (Wildman–Crippen MR) is 55.8 cm³/mol. The summed E-state index contributed by atoms with van der Waals surface area (Å²) in [6.45, 7) is 0.655. The zero-order valence-corrected chi connectivity index (χ0v) is 8.60. The minimum Gasteiger partial charge on any atom is -0.355 e. The summed E-state index contributed by atoms with van der Waals surface area (Å²) >= 11 is 0. The van der Waals surface area contributed by atoms with E-state index in [1.165, 1.54) is 10.9 Å². The standard InChI is InChI=1S/C8H13N5O3/c9-4-6(14)10-2-1-3-13-5-11-12-7(15)8(13)16/h5H,1-4,9H2,(H,10,14)(H,12,15). The summed E-state index contributed by atoms with van der Waals surface area (Å²) in [5.74, 6) is -0.253. The van der Waals surface area contributed by atoms with Crippen LogP contribution in [-0.4, -0.2) is 33.8 Å². The van der Waals surface area contributed by atoms with Crippen LogP contribution in [0.25, 0.3) is 0 Å². The van der Waals surface area contributed by atoms with E-state index in [1.807, 2.05) is 5.10 Å². The van der Waals surface area contributed by atoms with Crippen molar-refractivity contribution in [2.45, 2.75) is 13.0 Å². The van der Waals surface area contributed by atoms with Crippen LogP contribution in [0.5, 0.6) is 0 Å². The van der Waals surface area contributed by atoms with E-state index in [-0.39, 0.29) is 12.5 Å². The van der Waals surface area contributed by atoms with Crippen LogP contribution in [0.4, 0.5) is 0 Å². The Balaban J connectivity index is 2.44. The van der Waals surface area contributed by atoms with Gasteiger partial charge < -0.3 is 11.1 Å². The highest BCUT2D eigenvalue weighted by molar-refractivity contribution is 5.77. The zero-order chi connectivity index (χ0) is 12.0. The molecule has 0 fully saturated rings. The number of H-pyrrole nitrogens is 1. The van der Waals surface area contributed by atoms with Gasteiger partial charge in [-0.25, -0.2) is 5.10 Å². The third kappa shape index (κ3) is 3.31. The summed E-state index contributed by atoms with van der Waals surface area (Å²) in [6.07, 6.45) is 1.77. The maximum absolute atomic E-state index is 11.2. The second-order valence-electron chi connectivity index (χ2n) is 3.09. The lowest BCUT2D eigenvalue weighted by Crippen LogP contribution is -2.37. The number of aromatic nitrogens is 3. The van der Waals surface area contributed by atoms with Crippen molar-refractivity contribution in [3.8, 4) is 0 Å². The number of hydrogen-bond donors (Lipinski definition) is 3. The monoisotopic (exact) mass is 227 g/mol. The molecule has 0 bridgehead atoms. The number of hydrogen-bond acceptors (Lipinski definition) is 5. The van der Waals surface area contributed by atoms with Gasteiger partial charge in [-0.1, -0.05) is 0 Å². The number of carbonyl (C=O) groups excluding carboxylic acids is 1. The van der Waals surface area contributed by atoms with Crippen molar-refractivity contribution >= 4 is 5.91 Å². The lowest BCUT2D eigenvalue weighted by atomic mass is 10.4. The van der Waals surface area contributed by atoms with Crippen LogP contribution in [0.1, 0.15) is 6.42 Å². The molecule has 8 nitrogen and oxygen atoms in total. The summed E-state index contributed by atoms with van der Waals surface area (Å²) < 4.78 is 1.19. The second kappa shape index (κ2) is 5.81. The molecule has 0 saturated carbocycles. The van der Waals surface area contributed by atoms with Gasteiger partial charge in [-0.3, -0.25) is 19.0 Å². The van der Waals surface area contributed by atoms with Gasteiger partial charge in [0, 0.05) is 13.1 Å². The van der Waals surface area contributed by atoms with Gasteiger partial charge in [-0.15, -0.1) is 0 Å². The average molecular weight is 227 g/mol. The first kappa shape index (κ1) is 12.1. The van der Waals surface area contributed by atoms with E-state index in [9.17, 15) is 14.4 Å². The molecule has 0 saturated heterocycles. The SMILES string of the molecule is NCC(=O)NCCCn1cn[nH]c(=O)c1=O. The number of nitrogens with one attached hydrogen (secondary N) is 2. The van der Waals surface area contributed by atoms with Gasteiger partial charge >= 0.3 is 11.1 Å². The van der Waals surface area contributed by atoms with Crippen molar-refractivity contribution in [2.75, 3.05) is 13.1 Å². The normalized spacial score (nSPS) is 10.1. The maximum Gasteiger partial charge on any atom is 0.330 e. The Bertz CT molecular complexity index is 463. The van der Waals surface area contributed by atoms with Gasteiger partial charge in [0.25, 0.3) is 0 Å². The molecule has 0 radical (unpaired) electrons. The van der Waals surface area contributed by atoms with Gasteiger partial charge in [0.15, 0.2) is 0 Å². The molecular weight excluding hydrogens is 214 g/mol. The number of aryl methyl sites for hydroxylation is 1. The topological polar surface area (TPSA) is 123 Å². The highest BCUT2D eigenvalue weighted by Gasteiger charge is 2.00. The Hall–Kier alpha value is -1.96. The van der Waals surface area contributed by atoms with Gasteiger partial charge in [0.05, 0.1) is 6.54 Å². The molecule has 0 aliphatic rings. The first-order chi connectivity index (χ1) is 7.65. The molecule has 1 amide bonds. The quantitative estimate of drug-likeness (QED) is 0.376. The number of aromatic amines is 1. The molecule has 1 aromatic heterocycles. The molecule has 1 heterocycles.